The molecular formula is C17H12ClFN6O. The number of hydrogen-bond acceptors (Lipinski definition) is 5. The molecule has 130 valence electrons. The van der Waals surface area contributed by atoms with Gasteiger partial charge in [0.25, 0.3) is 0 Å². The molecule has 0 unspecified atom stereocenters. The van der Waals surface area contributed by atoms with E-state index in [4.69, 9.17) is 16.8 Å². The molecule has 0 saturated carbocycles. The number of aromatic nitrogens is 5. The van der Waals surface area contributed by atoms with Gasteiger partial charge in [0.05, 0.1) is 29.7 Å². The van der Waals surface area contributed by atoms with Gasteiger partial charge in [0, 0.05) is 23.3 Å². The van der Waals surface area contributed by atoms with Crippen LogP contribution in [0.5, 0.6) is 0 Å². The third kappa shape index (κ3) is 2.91. The Balaban J connectivity index is 1.67. The van der Waals surface area contributed by atoms with Crippen LogP contribution in [0.25, 0.3) is 16.7 Å². The number of hydrogen-bond donors (Lipinski definition) is 1. The van der Waals surface area contributed by atoms with Gasteiger partial charge in [-0.05, 0) is 30.3 Å². The number of oxime groups is 1. The highest BCUT2D eigenvalue weighted by molar-refractivity contribution is 6.30. The highest BCUT2D eigenvalue weighted by Crippen LogP contribution is 2.20. The molecule has 0 saturated heterocycles. The molecule has 0 radical (unpaired) electrons. The van der Waals surface area contributed by atoms with Crippen LogP contribution in [0, 0.1) is 5.82 Å². The van der Waals surface area contributed by atoms with E-state index in [1.807, 2.05) is 22.9 Å². The lowest BCUT2D eigenvalue weighted by Gasteiger charge is -2.02. The number of halogens is 2. The molecule has 4 rings (SSSR count). The molecule has 0 spiro atoms. The van der Waals surface area contributed by atoms with Crippen molar-refractivity contribution in [1.29, 1.82) is 0 Å². The third-order valence-electron chi connectivity index (χ3n) is 3.90. The molecule has 3 heterocycles. The smallest absolute Gasteiger partial charge is 0.141 e. The maximum absolute atomic E-state index is 13.3. The first-order valence-corrected chi connectivity index (χ1v) is 8.01. The molecule has 1 N–H and O–H groups in total. The van der Waals surface area contributed by atoms with Crippen molar-refractivity contribution < 1.29 is 9.60 Å². The molecule has 0 bridgehead atoms. The SMILES string of the molecule is O/N=C/c1cn(Cc2cn(-c3ccc(F)c(Cl)c3)nn2)c2ncccc12. The zero-order valence-corrected chi connectivity index (χ0v) is 14.0. The minimum absolute atomic E-state index is 0.0214. The molecule has 9 heteroatoms. The van der Waals surface area contributed by atoms with Crippen LogP contribution < -0.4 is 0 Å². The Kier molecular flexibility index (Phi) is 4.10. The number of benzene rings is 1. The summed E-state index contributed by atoms with van der Waals surface area (Å²) in [5, 5.41) is 21.0. The van der Waals surface area contributed by atoms with Crippen molar-refractivity contribution in [3.8, 4) is 5.69 Å². The van der Waals surface area contributed by atoms with Crippen LogP contribution in [0.15, 0.2) is 54.1 Å². The van der Waals surface area contributed by atoms with Gasteiger partial charge in [0.2, 0.25) is 0 Å². The zero-order chi connectivity index (χ0) is 18.1. The van der Waals surface area contributed by atoms with Gasteiger partial charge in [0.15, 0.2) is 0 Å². The first-order chi connectivity index (χ1) is 12.7. The van der Waals surface area contributed by atoms with Crippen LogP contribution >= 0.6 is 11.6 Å². The number of nitrogens with zero attached hydrogens (tertiary/aromatic N) is 6. The summed E-state index contributed by atoms with van der Waals surface area (Å²) in [6.07, 6.45) is 6.61. The second-order valence-electron chi connectivity index (χ2n) is 5.58. The van der Waals surface area contributed by atoms with Crippen LogP contribution in [0.1, 0.15) is 11.3 Å². The molecule has 0 aliphatic carbocycles. The van der Waals surface area contributed by atoms with E-state index >= 15 is 0 Å². The Morgan fingerprint density at radius 3 is 2.96 bits per heavy atom. The predicted octanol–water partition coefficient (Wildman–Crippen LogP) is 3.27. The summed E-state index contributed by atoms with van der Waals surface area (Å²) < 4.78 is 16.7. The average Bonchev–Trinajstić information content (AvgIpc) is 3.24. The van der Waals surface area contributed by atoms with Gasteiger partial charge in [-0.25, -0.2) is 14.1 Å². The highest BCUT2D eigenvalue weighted by Gasteiger charge is 2.11. The molecule has 0 fully saturated rings. The van der Waals surface area contributed by atoms with Crippen LogP contribution in [0.2, 0.25) is 5.02 Å². The zero-order valence-electron chi connectivity index (χ0n) is 13.3. The minimum Gasteiger partial charge on any atom is -0.411 e. The van der Waals surface area contributed by atoms with Crippen molar-refractivity contribution in [2.75, 3.05) is 0 Å². The number of pyridine rings is 1. The largest absolute Gasteiger partial charge is 0.411 e. The van der Waals surface area contributed by atoms with Crippen molar-refractivity contribution in [1.82, 2.24) is 24.5 Å². The molecule has 3 aromatic heterocycles. The molecule has 4 aromatic rings. The lowest BCUT2D eigenvalue weighted by molar-refractivity contribution is 0.322. The van der Waals surface area contributed by atoms with Crippen LogP contribution in [0.4, 0.5) is 4.39 Å². The Labute approximate surface area is 152 Å². The van der Waals surface area contributed by atoms with E-state index in [1.165, 1.54) is 23.0 Å². The van der Waals surface area contributed by atoms with Gasteiger partial charge in [-0.15, -0.1) is 5.10 Å². The van der Waals surface area contributed by atoms with Gasteiger partial charge in [0.1, 0.15) is 17.2 Å². The monoisotopic (exact) mass is 370 g/mol. The van der Waals surface area contributed by atoms with Crippen molar-refractivity contribution in [2.45, 2.75) is 6.54 Å². The number of fused-ring (bicyclic) bond motifs is 1. The maximum atomic E-state index is 13.3. The topological polar surface area (TPSA) is 81.1 Å². The van der Waals surface area contributed by atoms with E-state index in [2.05, 4.69) is 20.5 Å². The first-order valence-electron chi connectivity index (χ1n) is 7.63. The van der Waals surface area contributed by atoms with E-state index in [-0.39, 0.29) is 5.02 Å². The van der Waals surface area contributed by atoms with Crippen LogP contribution in [-0.4, -0.2) is 36.0 Å². The normalized spacial score (nSPS) is 11.6. The molecule has 0 aliphatic rings. The first kappa shape index (κ1) is 16.2. The fourth-order valence-corrected chi connectivity index (χ4v) is 2.91. The lowest BCUT2D eigenvalue weighted by atomic mass is 10.2. The van der Waals surface area contributed by atoms with Crippen molar-refractivity contribution in [2.24, 2.45) is 5.16 Å². The average molecular weight is 371 g/mol. The van der Waals surface area contributed by atoms with E-state index in [1.54, 1.807) is 18.5 Å². The molecule has 7 nitrogen and oxygen atoms in total. The number of rotatable bonds is 4. The third-order valence-corrected chi connectivity index (χ3v) is 4.19. The van der Waals surface area contributed by atoms with E-state index in [0.717, 1.165) is 16.6 Å². The molecule has 0 amide bonds. The highest BCUT2D eigenvalue weighted by atomic mass is 35.5. The van der Waals surface area contributed by atoms with Gasteiger partial charge in [-0.3, -0.25) is 0 Å². The minimum atomic E-state index is -0.487. The second-order valence-corrected chi connectivity index (χ2v) is 5.99. The van der Waals surface area contributed by atoms with Gasteiger partial charge in [-0.1, -0.05) is 22.0 Å². The predicted molar refractivity (Wildman–Crippen MR) is 94.5 cm³/mol. The Bertz CT molecular complexity index is 1120. The molecule has 26 heavy (non-hydrogen) atoms. The summed E-state index contributed by atoms with van der Waals surface area (Å²) in [6, 6.07) is 8.05. The van der Waals surface area contributed by atoms with Crippen LogP contribution in [0.3, 0.4) is 0 Å². The fraction of sp³-hybridized carbons (Fsp3) is 0.0588. The van der Waals surface area contributed by atoms with Crippen LogP contribution in [-0.2, 0) is 6.54 Å². The van der Waals surface area contributed by atoms with Gasteiger partial charge < -0.3 is 9.77 Å². The summed E-state index contributed by atoms with van der Waals surface area (Å²) in [6.45, 7) is 0.418. The molecule has 0 aliphatic heterocycles. The summed E-state index contributed by atoms with van der Waals surface area (Å²) in [4.78, 5) is 4.37. The lowest BCUT2D eigenvalue weighted by Crippen LogP contribution is -1.99. The molecular weight excluding hydrogens is 359 g/mol. The van der Waals surface area contributed by atoms with E-state index < -0.39 is 5.82 Å². The summed E-state index contributed by atoms with van der Waals surface area (Å²) in [7, 11) is 0. The molecule has 0 atom stereocenters. The van der Waals surface area contributed by atoms with Crippen molar-refractivity contribution in [3.63, 3.8) is 0 Å². The standard InChI is InChI=1S/C17H12ClFN6O/c18-15-6-13(3-4-16(15)19)25-10-12(22-23-25)9-24-8-11(7-21-26)14-2-1-5-20-17(14)24/h1-8,10,26H,9H2/b21-7+. The Morgan fingerprint density at radius 1 is 1.27 bits per heavy atom. The fourth-order valence-electron chi connectivity index (χ4n) is 2.73. The van der Waals surface area contributed by atoms with Crippen molar-refractivity contribution >= 4 is 28.8 Å². The Hall–Kier alpha value is -3.26. The summed E-state index contributed by atoms with van der Waals surface area (Å²) >= 11 is 5.82. The molecule has 1 aromatic carbocycles. The summed E-state index contributed by atoms with van der Waals surface area (Å²) in [5.41, 5.74) is 2.77. The quantitative estimate of drug-likeness (QED) is 0.339. The van der Waals surface area contributed by atoms with E-state index in [0.29, 0.717) is 17.9 Å². The van der Waals surface area contributed by atoms with Gasteiger partial charge >= 0.3 is 0 Å². The van der Waals surface area contributed by atoms with E-state index in [9.17, 15) is 4.39 Å². The van der Waals surface area contributed by atoms with Crippen molar-refractivity contribution in [3.05, 3.63) is 71.0 Å². The second kappa shape index (κ2) is 6.57. The Morgan fingerprint density at radius 2 is 2.15 bits per heavy atom. The maximum Gasteiger partial charge on any atom is 0.141 e. The van der Waals surface area contributed by atoms with Gasteiger partial charge in [-0.2, -0.15) is 0 Å². The summed E-state index contributed by atoms with van der Waals surface area (Å²) in [5.74, 6) is -0.487.